The molecule has 3 heterocycles. The van der Waals surface area contributed by atoms with Gasteiger partial charge in [-0.2, -0.15) is 4.98 Å². The zero-order valence-corrected chi connectivity index (χ0v) is 20.8. The number of rotatable bonds is 6. The first-order valence-corrected chi connectivity index (χ1v) is 12.6. The fourth-order valence-corrected chi connectivity index (χ4v) is 5.39. The van der Waals surface area contributed by atoms with Gasteiger partial charge in [0.1, 0.15) is 6.10 Å². The van der Waals surface area contributed by atoms with Crippen LogP contribution < -0.4 is 9.64 Å². The van der Waals surface area contributed by atoms with Crippen LogP contribution in [0.2, 0.25) is 5.02 Å². The van der Waals surface area contributed by atoms with Crippen molar-refractivity contribution in [2.75, 3.05) is 18.0 Å². The van der Waals surface area contributed by atoms with Crippen molar-refractivity contribution in [3.8, 4) is 17.3 Å². The number of nitrogens with one attached hydrogen (secondary N) is 1. The Bertz CT molecular complexity index is 1230. The van der Waals surface area contributed by atoms with Gasteiger partial charge < -0.3 is 24.8 Å². The van der Waals surface area contributed by atoms with Gasteiger partial charge in [0.2, 0.25) is 0 Å². The lowest BCUT2D eigenvalue weighted by Crippen LogP contribution is -2.52. The first kappa shape index (κ1) is 23.9. The number of imidazole rings is 1. The van der Waals surface area contributed by atoms with Gasteiger partial charge in [0.25, 0.3) is 6.01 Å². The van der Waals surface area contributed by atoms with E-state index in [1.54, 1.807) is 13.8 Å². The van der Waals surface area contributed by atoms with E-state index < -0.39 is 17.0 Å². The molecule has 2 fully saturated rings. The molecule has 0 bridgehead atoms. The van der Waals surface area contributed by atoms with Crippen LogP contribution in [0.5, 0.6) is 6.01 Å². The summed E-state index contributed by atoms with van der Waals surface area (Å²) < 4.78 is 6.05. The highest BCUT2D eigenvalue weighted by Crippen LogP contribution is 2.43. The number of pyridine rings is 1. The molecule has 1 aliphatic heterocycles. The average Bonchev–Trinajstić information content (AvgIpc) is 3.50. The van der Waals surface area contributed by atoms with Crippen molar-refractivity contribution in [3.05, 3.63) is 35.4 Å². The Morgan fingerprint density at radius 1 is 1.17 bits per heavy atom. The molecule has 9 heteroatoms. The Morgan fingerprint density at radius 3 is 2.46 bits per heavy atom. The lowest BCUT2D eigenvalue weighted by atomic mass is 9.66. The number of carboxylic acid groups (broad SMARTS) is 1. The second-order valence-corrected chi connectivity index (χ2v) is 10.7. The van der Waals surface area contributed by atoms with Crippen LogP contribution in [0.3, 0.4) is 0 Å². The number of nitrogens with zero attached hydrogens (tertiary/aromatic N) is 3. The Hall–Kier alpha value is -2.84. The van der Waals surface area contributed by atoms with Crippen LogP contribution in [0.4, 0.5) is 5.69 Å². The summed E-state index contributed by atoms with van der Waals surface area (Å²) >= 11 is 6.57. The number of aliphatic hydroxyl groups is 1. The number of hydrogen-bond donors (Lipinski definition) is 3. The number of aromatic nitrogens is 3. The molecule has 1 aromatic carbocycles. The van der Waals surface area contributed by atoms with Gasteiger partial charge in [0.15, 0.2) is 5.65 Å². The van der Waals surface area contributed by atoms with Gasteiger partial charge in [-0.15, -0.1) is 0 Å². The molecule has 0 radical (unpaired) electrons. The average molecular weight is 499 g/mol. The van der Waals surface area contributed by atoms with E-state index in [4.69, 9.17) is 16.3 Å². The molecule has 8 nitrogen and oxygen atoms in total. The van der Waals surface area contributed by atoms with Crippen LogP contribution in [0.25, 0.3) is 22.4 Å². The SMILES string of the molecule is CC(C)(C(=O)O)[C@]1(O)CC[C@@H](Oc2nc3nc(-c4ccc(N5CCCC5)cc4)c(Cl)cc3[nH]2)CC1. The van der Waals surface area contributed by atoms with Crippen molar-refractivity contribution in [2.45, 2.75) is 64.1 Å². The predicted octanol–water partition coefficient (Wildman–Crippen LogP) is 5.04. The van der Waals surface area contributed by atoms with Gasteiger partial charge in [-0.3, -0.25) is 4.79 Å². The molecule has 1 saturated heterocycles. The number of ether oxygens (including phenoxy) is 1. The molecule has 2 aromatic heterocycles. The summed E-state index contributed by atoms with van der Waals surface area (Å²) in [6.45, 7) is 5.33. The van der Waals surface area contributed by atoms with Crippen LogP contribution in [-0.2, 0) is 4.79 Å². The Labute approximate surface area is 209 Å². The van der Waals surface area contributed by atoms with Crippen molar-refractivity contribution in [1.82, 2.24) is 15.0 Å². The lowest BCUT2D eigenvalue weighted by Gasteiger charge is -2.44. The summed E-state index contributed by atoms with van der Waals surface area (Å²) in [5.41, 5.74) is 1.53. The fourth-order valence-electron chi connectivity index (χ4n) is 5.13. The Morgan fingerprint density at radius 2 is 1.83 bits per heavy atom. The Kier molecular flexibility index (Phi) is 6.13. The zero-order valence-electron chi connectivity index (χ0n) is 20.1. The topological polar surface area (TPSA) is 112 Å². The summed E-state index contributed by atoms with van der Waals surface area (Å²) in [4.78, 5) is 26.3. The van der Waals surface area contributed by atoms with E-state index in [1.165, 1.54) is 18.5 Å². The smallest absolute Gasteiger partial charge is 0.312 e. The van der Waals surface area contributed by atoms with Crippen LogP contribution >= 0.6 is 11.6 Å². The number of anilines is 1. The highest BCUT2D eigenvalue weighted by Gasteiger charge is 2.50. The van der Waals surface area contributed by atoms with Crippen LogP contribution in [-0.4, -0.2) is 55.9 Å². The summed E-state index contributed by atoms with van der Waals surface area (Å²) in [6, 6.07) is 10.5. The third kappa shape index (κ3) is 4.45. The van der Waals surface area contributed by atoms with E-state index in [1.807, 2.05) is 18.2 Å². The minimum atomic E-state index is -1.26. The number of benzene rings is 1. The number of carboxylic acids is 1. The second-order valence-electron chi connectivity index (χ2n) is 10.3. The van der Waals surface area contributed by atoms with Crippen LogP contribution in [0.15, 0.2) is 30.3 Å². The van der Waals surface area contributed by atoms with E-state index >= 15 is 0 Å². The molecule has 3 N–H and O–H groups in total. The van der Waals surface area contributed by atoms with Crippen LogP contribution in [0, 0.1) is 5.41 Å². The molecule has 0 unspecified atom stereocenters. The molecule has 35 heavy (non-hydrogen) atoms. The highest BCUT2D eigenvalue weighted by molar-refractivity contribution is 6.33. The first-order chi connectivity index (χ1) is 16.7. The van der Waals surface area contributed by atoms with Gasteiger partial charge in [0, 0.05) is 24.3 Å². The maximum atomic E-state index is 11.6. The number of carbonyl (C=O) groups is 1. The molecule has 3 aromatic rings. The van der Waals surface area contributed by atoms with Crippen molar-refractivity contribution >= 4 is 34.4 Å². The van der Waals surface area contributed by atoms with Gasteiger partial charge >= 0.3 is 5.97 Å². The third-order valence-corrected chi connectivity index (χ3v) is 8.04. The molecule has 5 rings (SSSR count). The largest absolute Gasteiger partial charge is 0.481 e. The quantitative estimate of drug-likeness (QED) is 0.436. The summed E-state index contributed by atoms with van der Waals surface area (Å²) in [5.74, 6) is -0.999. The molecular formula is C26H31ClN4O4. The molecule has 186 valence electrons. The highest BCUT2D eigenvalue weighted by atomic mass is 35.5. The van der Waals surface area contributed by atoms with E-state index in [0.717, 1.165) is 18.7 Å². The second kappa shape index (κ2) is 8.99. The minimum Gasteiger partial charge on any atom is -0.481 e. The number of aromatic amines is 1. The zero-order chi connectivity index (χ0) is 24.8. The fraction of sp³-hybridized carbons (Fsp3) is 0.500. The third-order valence-electron chi connectivity index (χ3n) is 7.75. The molecule has 2 aliphatic rings. The van der Waals surface area contributed by atoms with Crippen molar-refractivity contribution in [2.24, 2.45) is 5.41 Å². The maximum Gasteiger partial charge on any atom is 0.312 e. The van der Waals surface area contributed by atoms with E-state index in [0.29, 0.717) is 53.6 Å². The number of H-pyrrole nitrogens is 1. The summed E-state index contributed by atoms with van der Waals surface area (Å²) in [6.07, 6.45) is 4.06. The Balaban J connectivity index is 1.30. The number of aliphatic carboxylic acids is 1. The van der Waals surface area contributed by atoms with Crippen molar-refractivity contribution in [3.63, 3.8) is 0 Å². The molecule has 1 aliphatic carbocycles. The van der Waals surface area contributed by atoms with E-state index in [2.05, 4.69) is 32.0 Å². The van der Waals surface area contributed by atoms with Crippen LogP contribution in [0.1, 0.15) is 52.4 Å². The number of halogens is 1. The predicted molar refractivity (Wildman–Crippen MR) is 135 cm³/mol. The van der Waals surface area contributed by atoms with Gasteiger partial charge in [-0.25, -0.2) is 4.98 Å². The standard InChI is InChI=1S/C26H31ClN4O4/c1-25(2,23(32)33)26(34)11-9-18(10-12-26)35-24-28-20-15-19(27)21(29-22(20)30-24)16-5-7-17(8-6-16)31-13-3-4-14-31/h5-8,15,18,34H,3-4,9-14H2,1-2H3,(H,32,33)(H,28,29,30)/t18-,26+. The van der Waals surface area contributed by atoms with Crippen molar-refractivity contribution in [1.29, 1.82) is 0 Å². The van der Waals surface area contributed by atoms with Gasteiger partial charge in [-0.1, -0.05) is 23.7 Å². The molecular weight excluding hydrogens is 468 g/mol. The van der Waals surface area contributed by atoms with E-state index in [-0.39, 0.29) is 6.10 Å². The number of fused-ring (bicyclic) bond motifs is 1. The monoisotopic (exact) mass is 498 g/mol. The minimum absolute atomic E-state index is 0.173. The molecule has 0 amide bonds. The maximum absolute atomic E-state index is 11.6. The van der Waals surface area contributed by atoms with Crippen molar-refractivity contribution < 1.29 is 19.7 Å². The van der Waals surface area contributed by atoms with Gasteiger partial charge in [0.05, 0.1) is 27.2 Å². The molecule has 0 spiro atoms. The van der Waals surface area contributed by atoms with Gasteiger partial charge in [-0.05, 0) is 70.6 Å². The molecule has 1 saturated carbocycles. The summed E-state index contributed by atoms with van der Waals surface area (Å²) in [5, 5.41) is 21.0. The van der Waals surface area contributed by atoms with E-state index in [9.17, 15) is 15.0 Å². The summed E-state index contributed by atoms with van der Waals surface area (Å²) in [7, 11) is 0. The molecule has 0 atom stereocenters. The number of hydrogen-bond acceptors (Lipinski definition) is 6. The lowest BCUT2D eigenvalue weighted by molar-refractivity contribution is -0.171. The first-order valence-electron chi connectivity index (χ1n) is 12.2. The normalized spacial score (nSPS) is 23.1.